The molecule has 0 aromatic carbocycles. The van der Waals surface area contributed by atoms with Crippen LogP contribution >= 0.6 is 11.3 Å². The highest BCUT2D eigenvalue weighted by molar-refractivity contribution is 7.18. The maximum absolute atomic E-state index is 4.62. The lowest BCUT2D eigenvalue weighted by Crippen LogP contribution is -2.38. The van der Waals surface area contributed by atoms with Gasteiger partial charge in [0.2, 0.25) is 0 Å². The van der Waals surface area contributed by atoms with E-state index in [1.165, 1.54) is 28.7 Å². The lowest BCUT2D eigenvalue weighted by Gasteiger charge is -2.26. The van der Waals surface area contributed by atoms with E-state index in [-0.39, 0.29) is 0 Å². The highest BCUT2D eigenvalue weighted by Crippen LogP contribution is 2.36. The van der Waals surface area contributed by atoms with Gasteiger partial charge in [0.05, 0.1) is 5.39 Å². The van der Waals surface area contributed by atoms with Gasteiger partial charge in [-0.2, -0.15) is 0 Å². The summed E-state index contributed by atoms with van der Waals surface area (Å²) in [7, 11) is 0. The van der Waals surface area contributed by atoms with Crippen LogP contribution in [0.15, 0.2) is 6.33 Å². The minimum Gasteiger partial charge on any atom is -0.352 e. The van der Waals surface area contributed by atoms with E-state index in [2.05, 4.69) is 41.0 Å². The van der Waals surface area contributed by atoms with Crippen LogP contribution in [0, 0.1) is 13.8 Å². The van der Waals surface area contributed by atoms with Crippen LogP contribution in [0.4, 0.5) is 5.82 Å². The second-order valence-corrected chi connectivity index (χ2v) is 6.66. The van der Waals surface area contributed by atoms with Crippen molar-refractivity contribution in [2.45, 2.75) is 39.7 Å². The average Bonchev–Trinajstić information content (AvgIpc) is 3.02. The van der Waals surface area contributed by atoms with Crippen LogP contribution in [0.3, 0.4) is 0 Å². The lowest BCUT2D eigenvalue weighted by atomic mass is 10.2. The van der Waals surface area contributed by atoms with Gasteiger partial charge in [0.1, 0.15) is 17.0 Å². The first-order chi connectivity index (χ1) is 9.72. The van der Waals surface area contributed by atoms with Gasteiger partial charge in [-0.25, -0.2) is 9.97 Å². The summed E-state index contributed by atoms with van der Waals surface area (Å²) in [5, 5.41) is 4.74. The Morgan fingerprint density at radius 1 is 1.40 bits per heavy atom. The Bertz CT molecular complexity index is 607. The predicted molar refractivity (Wildman–Crippen MR) is 85.8 cm³/mol. The normalized spacial score (nSPS) is 19.1. The van der Waals surface area contributed by atoms with Crippen LogP contribution in [0.1, 0.15) is 30.2 Å². The quantitative estimate of drug-likeness (QED) is 0.940. The van der Waals surface area contributed by atoms with Crippen molar-refractivity contribution in [2.75, 3.05) is 24.5 Å². The fourth-order valence-electron chi connectivity index (χ4n) is 3.02. The van der Waals surface area contributed by atoms with Crippen molar-refractivity contribution < 1.29 is 0 Å². The number of nitrogens with one attached hydrogen (secondary N) is 1. The van der Waals surface area contributed by atoms with Crippen LogP contribution in [-0.2, 0) is 0 Å². The summed E-state index contributed by atoms with van der Waals surface area (Å²) in [5.74, 6) is 1.14. The molecule has 0 spiro atoms. The van der Waals surface area contributed by atoms with E-state index in [1.54, 1.807) is 17.7 Å². The third kappa shape index (κ3) is 2.29. The van der Waals surface area contributed by atoms with Gasteiger partial charge in [-0.3, -0.25) is 0 Å². The number of aromatic nitrogens is 2. The monoisotopic (exact) mass is 290 g/mol. The molecule has 1 aliphatic heterocycles. The van der Waals surface area contributed by atoms with E-state index in [4.69, 9.17) is 0 Å². The molecule has 0 aliphatic carbocycles. The Kier molecular flexibility index (Phi) is 3.89. The molecule has 20 heavy (non-hydrogen) atoms. The SMILES string of the molecule is CCNCC1CCCN1c1ncnc2sc(C)c(C)c12. The van der Waals surface area contributed by atoms with E-state index in [1.807, 2.05) is 0 Å². The van der Waals surface area contributed by atoms with Gasteiger partial charge in [0.15, 0.2) is 0 Å². The van der Waals surface area contributed by atoms with Crippen molar-refractivity contribution >= 4 is 27.4 Å². The summed E-state index contributed by atoms with van der Waals surface area (Å²) in [6.45, 7) is 9.71. The lowest BCUT2D eigenvalue weighted by molar-refractivity contribution is 0.585. The molecule has 0 radical (unpaired) electrons. The number of nitrogens with zero attached hydrogens (tertiary/aromatic N) is 3. The molecule has 5 heteroatoms. The minimum absolute atomic E-state index is 0.563. The molecule has 108 valence electrons. The second kappa shape index (κ2) is 5.66. The van der Waals surface area contributed by atoms with Crippen molar-refractivity contribution in [3.05, 3.63) is 16.8 Å². The number of hydrogen-bond acceptors (Lipinski definition) is 5. The molecule has 1 atom stereocenters. The Labute approximate surface area is 124 Å². The number of aryl methyl sites for hydroxylation is 2. The topological polar surface area (TPSA) is 41.0 Å². The maximum atomic E-state index is 4.62. The van der Waals surface area contributed by atoms with Gasteiger partial charge in [-0.05, 0) is 38.8 Å². The Balaban J connectivity index is 2.00. The van der Waals surface area contributed by atoms with E-state index >= 15 is 0 Å². The van der Waals surface area contributed by atoms with Crippen LogP contribution in [-0.4, -0.2) is 35.6 Å². The summed E-state index contributed by atoms with van der Waals surface area (Å²) >= 11 is 1.78. The van der Waals surface area contributed by atoms with E-state index in [0.29, 0.717) is 6.04 Å². The van der Waals surface area contributed by atoms with Crippen LogP contribution < -0.4 is 10.2 Å². The van der Waals surface area contributed by atoms with Crippen molar-refractivity contribution in [2.24, 2.45) is 0 Å². The second-order valence-electron chi connectivity index (χ2n) is 5.46. The molecular weight excluding hydrogens is 268 g/mol. The highest BCUT2D eigenvalue weighted by Gasteiger charge is 2.27. The Hall–Kier alpha value is -1.20. The van der Waals surface area contributed by atoms with Crippen LogP contribution in [0.25, 0.3) is 10.2 Å². The van der Waals surface area contributed by atoms with Crippen LogP contribution in [0.5, 0.6) is 0 Å². The number of rotatable bonds is 4. The molecule has 0 bridgehead atoms. The van der Waals surface area contributed by atoms with Crippen molar-refractivity contribution in [3.8, 4) is 0 Å². The smallest absolute Gasteiger partial charge is 0.141 e. The zero-order valence-electron chi connectivity index (χ0n) is 12.4. The van der Waals surface area contributed by atoms with E-state index in [9.17, 15) is 0 Å². The van der Waals surface area contributed by atoms with Gasteiger partial charge < -0.3 is 10.2 Å². The van der Waals surface area contributed by atoms with Crippen molar-refractivity contribution in [1.29, 1.82) is 0 Å². The van der Waals surface area contributed by atoms with Gasteiger partial charge in [-0.15, -0.1) is 11.3 Å². The summed E-state index contributed by atoms with van der Waals surface area (Å²) < 4.78 is 0. The molecule has 4 nitrogen and oxygen atoms in total. The molecule has 1 aliphatic rings. The highest BCUT2D eigenvalue weighted by atomic mass is 32.1. The molecule has 3 rings (SSSR count). The predicted octanol–water partition coefficient (Wildman–Crippen LogP) is 2.89. The van der Waals surface area contributed by atoms with Crippen molar-refractivity contribution in [3.63, 3.8) is 0 Å². The van der Waals surface area contributed by atoms with E-state index < -0.39 is 0 Å². The molecular formula is C15H22N4S. The summed E-state index contributed by atoms with van der Waals surface area (Å²) in [6, 6.07) is 0.563. The Morgan fingerprint density at radius 3 is 3.05 bits per heavy atom. The molecule has 2 aromatic heterocycles. The molecule has 0 saturated carbocycles. The van der Waals surface area contributed by atoms with Gasteiger partial charge in [0.25, 0.3) is 0 Å². The van der Waals surface area contributed by atoms with Gasteiger partial charge >= 0.3 is 0 Å². The van der Waals surface area contributed by atoms with Crippen molar-refractivity contribution in [1.82, 2.24) is 15.3 Å². The molecule has 1 fully saturated rings. The molecule has 1 unspecified atom stereocenters. The third-order valence-electron chi connectivity index (χ3n) is 4.22. The average molecular weight is 290 g/mol. The number of hydrogen-bond donors (Lipinski definition) is 1. The molecule has 1 N–H and O–H groups in total. The largest absolute Gasteiger partial charge is 0.352 e. The molecule has 2 aromatic rings. The van der Waals surface area contributed by atoms with Crippen LogP contribution in [0.2, 0.25) is 0 Å². The fourth-order valence-corrected chi connectivity index (χ4v) is 4.01. The summed E-state index contributed by atoms with van der Waals surface area (Å²) in [5.41, 5.74) is 1.34. The van der Waals surface area contributed by atoms with Gasteiger partial charge in [0, 0.05) is 24.0 Å². The van der Waals surface area contributed by atoms with E-state index in [0.717, 1.165) is 30.3 Å². The first kappa shape index (κ1) is 13.8. The standard InChI is InChI=1S/C15H22N4S/c1-4-16-8-12-6-5-7-19(12)14-13-10(2)11(3)20-15(13)18-9-17-14/h9,12,16H,4-8H2,1-3H3. The molecule has 3 heterocycles. The molecule has 1 saturated heterocycles. The minimum atomic E-state index is 0.563. The fraction of sp³-hybridized carbons (Fsp3) is 0.600. The summed E-state index contributed by atoms with van der Waals surface area (Å²) in [4.78, 5) is 14.0. The Morgan fingerprint density at radius 2 is 2.25 bits per heavy atom. The maximum Gasteiger partial charge on any atom is 0.141 e. The number of fused-ring (bicyclic) bond motifs is 1. The van der Waals surface area contributed by atoms with Gasteiger partial charge in [-0.1, -0.05) is 6.92 Å². The first-order valence-electron chi connectivity index (χ1n) is 7.40. The third-order valence-corrected chi connectivity index (χ3v) is 5.34. The number of anilines is 1. The first-order valence-corrected chi connectivity index (χ1v) is 8.22. The summed E-state index contributed by atoms with van der Waals surface area (Å²) in [6.07, 6.45) is 4.22. The number of likely N-dealkylation sites (N-methyl/N-ethyl adjacent to an activating group) is 1. The number of thiophene rings is 1. The molecule has 0 amide bonds. The zero-order chi connectivity index (χ0) is 14.1. The zero-order valence-corrected chi connectivity index (χ0v) is 13.3.